The lowest BCUT2D eigenvalue weighted by Crippen LogP contribution is -1.93. The minimum Gasteiger partial charge on any atom is -0.218 e. The van der Waals surface area contributed by atoms with Gasteiger partial charge in [0.1, 0.15) is 5.15 Å². The molecular formula is C11H7BrCl2N2. The Morgan fingerprint density at radius 1 is 1.19 bits per heavy atom. The third-order valence-corrected chi connectivity index (χ3v) is 3.19. The number of rotatable bonds is 1. The zero-order chi connectivity index (χ0) is 11.7. The zero-order valence-electron chi connectivity index (χ0n) is 8.34. The molecule has 0 unspecified atom stereocenters. The van der Waals surface area contributed by atoms with Gasteiger partial charge < -0.3 is 0 Å². The Kier molecular flexibility index (Phi) is 3.47. The maximum atomic E-state index is 5.96. The largest absolute Gasteiger partial charge is 0.224 e. The van der Waals surface area contributed by atoms with Crippen LogP contribution in [0, 0.1) is 6.92 Å². The standard InChI is InChI=1S/C11H7BrCl2N2/c1-6-9(15-11(14)16-10(6)13)7-3-2-4-8(12)5-7/h2-5H,1H3. The van der Waals surface area contributed by atoms with Crippen LogP contribution in [-0.2, 0) is 0 Å². The summed E-state index contributed by atoms with van der Waals surface area (Å²) in [5.74, 6) is 0. The lowest BCUT2D eigenvalue weighted by Gasteiger charge is -2.07. The summed E-state index contributed by atoms with van der Waals surface area (Å²) in [6, 6.07) is 7.79. The molecule has 5 heteroatoms. The molecule has 0 aliphatic heterocycles. The van der Waals surface area contributed by atoms with Gasteiger partial charge in [0.05, 0.1) is 5.69 Å². The Bertz CT molecular complexity index is 544. The first-order valence-electron chi connectivity index (χ1n) is 4.53. The maximum Gasteiger partial charge on any atom is 0.224 e. The van der Waals surface area contributed by atoms with Crippen LogP contribution in [0.1, 0.15) is 5.56 Å². The SMILES string of the molecule is Cc1c(Cl)nc(Cl)nc1-c1cccc(Br)c1. The minimum atomic E-state index is 0.158. The Morgan fingerprint density at radius 2 is 1.94 bits per heavy atom. The molecule has 16 heavy (non-hydrogen) atoms. The van der Waals surface area contributed by atoms with Crippen LogP contribution in [0.4, 0.5) is 0 Å². The van der Waals surface area contributed by atoms with Gasteiger partial charge in [0.15, 0.2) is 0 Å². The Labute approximate surface area is 112 Å². The topological polar surface area (TPSA) is 25.8 Å². The molecule has 2 nitrogen and oxygen atoms in total. The summed E-state index contributed by atoms with van der Waals surface area (Å²) in [6.45, 7) is 1.87. The van der Waals surface area contributed by atoms with Crippen LogP contribution in [0.5, 0.6) is 0 Å². The van der Waals surface area contributed by atoms with Crippen molar-refractivity contribution >= 4 is 39.1 Å². The summed E-state index contributed by atoms with van der Waals surface area (Å²) >= 11 is 15.2. The van der Waals surface area contributed by atoms with E-state index in [1.165, 1.54) is 0 Å². The predicted octanol–water partition coefficient (Wildman–Crippen LogP) is 4.52. The first-order chi connectivity index (χ1) is 7.58. The molecule has 1 heterocycles. The summed E-state index contributed by atoms with van der Waals surface area (Å²) in [7, 11) is 0. The molecule has 0 N–H and O–H groups in total. The van der Waals surface area contributed by atoms with Crippen LogP contribution in [0.25, 0.3) is 11.3 Å². The van der Waals surface area contributed by atoms with E-state index >= 15 is 0 Å². The van der Waals surface area contributed by atoms with Crippen LogP contribution in [-0.4, -0.2) is 9.97 Å². The molecule has 0 aliphatic carbocycles. The fourth-order valence-electron chi connectivity index (χ4n) is 1.38. The number of halogens is 3. The highest BCUT2D eigenvalue weighted by Crippen LogP contribution is 2.28. The maximum absolute atomic E-state index is 5.96. The van der Waals surface area contributed by atoms with Crippen molar-refractivity contribution in [2.24, 2.45) is 0 Å². The number of aromatic nitrogens is 2. The predicted molar refractivity (Wildman–Crippen MR) is 69.9 cm³/mol. The Hall–Kier alpha value is -0.640. The van der Waals surface area contributed by atoms with E-state index in [0.29, 0.717) is 5.15 Å². The minimum absolute atomic E-state index is 0.158. The van der Waals surface area contributed by atoms with E-state index in [2.05, 4.69) is 25.9 Å². The van der Waals surface area contributed by atoms with E-state index in [9.17, 15) is 0 Å². The highest BCUT2D eigenvalue weighted by molar-refractivity contribution is 9.10. The van der Waals surface area contributed by atoms with E-state index in [-0.39, 0.29) is 5.28 Å². The van der Waals surface area contributed by atoms with Crippen molar-refractivity contribution in [1.29, 1.82) is 0 Å². The van der Waals surface area contributed by atoms with E-state index in [1.807, 2.05) is 31.2 Å². The lowest BCUT2D eigenvalue weighted by molar-refractivity contribution is 1.13. The molecule has 0 radical (unpaired) electrons. The van der Waals surface area contributed by atoms with Gasteiger partial charge >= 0.3 is 0 Å². The highest BCUT2D eigenvalue weighted by atomic mass is 79.9. The molecule has 0 bridgehead atoms. The van der Waals surface area contributed by atoms with E-state index < -0.39 is 0 Å². The molecule has 2 aromatic rings. The number of hydrogen-bond acceptors (Lipinski definition) is 2. The van der Waals surface area contributed by atoms with Gasteiger partial charge in [-0.1, -0.05) is 39.7 Å². The van der Waals surface area contributed by atoms with Crippen LogP contribution in [0.3, 0.4) is 0 Å². The van der Waals surface area contributed by atoms with Gasteiger partial charge in [0.2, 0.25) is 5.28 Å². The second-order valence-electron chi connectivity index (χ2n) is 3.27. The lowest BCUT2D eigenvalue weighted by atomic mass is 10.1. The third kappa shape index (κ3) is 2.37. The normalized spacial score (nSPS) is 10.5. The molecule has 0 atom stereocenters. The fraction of sp³-hybridized carbons (Fsp3) is 0.0909. The third-order valence-electron chi connectivity index (χ3n) is 2.16. The Balaban J connectivity index is 2.64. The van der Waals surface area contributed by atoms with Crippen molar-refractivity contribution in [2.75, 3.05) is 0 Å². The fourth-order valence-corrected chi connectivity index (χ4v) is 2.16. The molecule has 82 valence electrons. The van der Waals surface area contributed by atoms with Crippen molar-refractivity contribution in [3.05, 3.63) is 44.7 Å². The van der Waals surface area contributed by atoms with Crippen LogP contribution >= 0.6 is 39.1 Å². The van der Waals surface area contributed by atoms with Gasteiger partial charge in [-0.3, -0.25) is 0 Å². The summed E-state index contributed by atoms with van der Waals surface area (Å²) in [6.07, 6.45) is 0. The number of benzene rings is 1. The van der Waals surface area contributed by atoms with Gasteiger partial charge in [-0.25, -0.2) is 9.97 Å². The zero-order valence-corrected chi connectivity index (χ0v) is 11.4. The molecule has 0 spiro atoms. The first-order valence-corrected chi connectivity index (χ1v) is 6.08. The Morgan fingerprint density at radius 3 is 2.62 bits per heavy atom. The van der Waals surface area contributed by atoms with Gasteiger partial charge in [-0.2, -0.15) is 0 Å². The number of hydrogen-bond donors (Lipinski definition) is 0. The van der Waals surface area contributed by atoms with E-state index in [4.69, 9.17) is 23.2 Å². The van der Waals surface area contributed by atoms with Crippen LogP contribution in [0.15, 0.2) is 28.7 Å². The molecule has 1 aromatic carbocycles. The summed E-state index contributed by atoms with van der Waals surface area (Å²) in [4.78, 5) is 8.08. The average molecular weight is 318 g/mol. The van der Waals surface area contributed by atoms with Gasteiger partial charge in [-0.15, -0.1) is 0 Å². The molecule has 0 aliphatic rings. The summed E-state index contributed by atoms with van der Waals surface area (Å²) < 4.78 is 0.982. The van der Waals surface area contributed by atoms with Crippen molar-refractivity contribution in [3.63, 3.8) is 0 Å². The molecule has 2 rings (SSSR count). The van der Waals surface area contributed by atoms with Gasteiger partial charge in [-0.05, 0) is 30.7 Å². The van der Waals surface area contributed by atoms with Crippen molar-refractivity contribution < 1.29 is 0 Å². The van der Waals surface area contributed by atoms with Crippen LogP contribution < -0.4 is 0 Å². The summed E-state index contributed by atoms with van der Waals surface area (Å²) in [5, 5.41) is 0.542. The van der Waals surface area contributed by atoms with Crippen molar-refractivity contribution in [3.8, 4) is 11.3 Å². The quantitative estimate of drug-likeness (QED) is 0.571. The monoisotopic (exact) mass is 316 g/mol. The van der Waals surface area contributed by atoms with Gasteiger partial charge in [0, 0.05) is 15.6 Å². The molecule has 0 saturated heterocycles. The molecule has 1 aromatic heterocycles. The number of nitrogens with zero attached hydrogens (tertiary/aromatic N) is 2. The summed E-state index contributed by atoms with van der Waals surface area (Å²) in [5.41, 5.74) is 2.54. The van der Waals surface area contributed by atoms with E-state index in [1.54, 1.807) is 0 Å². The second kappa shape index (κ2) is 4.70. The first kappa shape index (κ1) is 11.8. The van der Waals surface area contributed by atoms with Crippen LogP contribution in [0.2, 0.25) is 10.4 Å². The smallest absolute Gasteiger partial charge is 0.218 e. The highest BCUT2D eigenvalue weighted by Gasteiger charge is 2.10. The molecular weight excluding hydrogens is 311 g/mol. The average Bonchev–Trinajstić information content (AvgIpc) is 2.23. The second-order valence-corrected chi connectivity index (χ2v) is 4.88. The van der Waals surface area contributed by atoms with Crippen molar-refractivity contribution in [1.82, 2.24) is 9.97 Å². The van der Waals surface area contributed by atoms with Gasteiger partial charge in [0.25, 0.3) is 0 Å². The molecule has 0 amide bonds. The van der Waals surface area contributed by atoms with E-state index in [0.717, 1.165) is 21.3 Å². The van der Waals surface area contributed by atoms with Crippen molar-refractivity contribution in [2.45, 2.75) is 6.92 Å². The molecule has 0 fully saturated rings. The molecule has 0 saturated carbocycles.